The van der Waals surface area contributed by atoms with E-state index in [2.05, 4.69) is 5.32 Å². The summed E-state index contributed by atoms with van der Waals surface area (Å²) in [6.07, 6.45) is 0. The highest BCUT2D eigenvalue weighted by Crippen LogP contribution is 2.09. The largest absolute Gasteiger partial charge is 0.337 e. The zero-order chi connectivity index (χ0) is 13.8. The Labute approximate surface area is 105 Å². The first-order chi connectivity index (χ1) is 8.31. The molecule has 2 N–H and O–H groups in total. The van der Waals surface area contributed by atoms with Gasteiger partial charge in [-0.1, -0.05) is 13.8 Å². The molecular weight excluding hydrogens is 259 g/mol. The molecule has 0 saturated heterocycles. The van der Waals surface area contributed by atoms with E-state index in [1.165, 1.54) is 0 Å². The molecule has 0 fully saturated rings. The van der Waals surface area contributed by atoms with Crippen molar-refractivity contribution >= 4 is 16.1 Å². The molecular formula is C11H15FN2O3S. The summed E-state index contributed by atoms with van der Waals surface area (Å²) in [6.45, 7) is 4.13. The summed E-state index contributed by atoms with van der Waals surface area (Å²) in [5.74, 6) is -0.331. The summed E-state index contributed by atoms with van der Waals surface area (Å²) in [5, 5.41) is 2.42. The molecule has 0 aliphatic carbocycles. The van der Waals surface area contributed by atoms with Gasteiger partial charge in [0, 0.05) is 6.54 Å². The minimum atomic E-state index is -3.95. The first-order valence-corrected chi connectivity index (χ1v) is 6.86. The minimum Gasteiger partial charge on any atom is -0.337 e. The van der Waals surface area contributed by atoms with Crippen molar-refractivity contribution in [1.29, 1.82) is 0 Å². The van der Waals surface area contributed by atoms with Crippen molar-refractivity contribution in [2.75, 3.05) is 6.54 Å². The molecule has 100 valence electrons. The molecule has 0 spiro atoms. The summed E-state index contributed by atoms with van der Waals surface area (Å²) in [5.41, 5.74) is 0. The van der Waals surface area contributed by atoms with E-state index < -0.39 is 21.9 Å². The Morgan fingerprint density at radius 3 is 2.33 bits per heavy atom. The third-order valence-corrected chi connectivity index (χ3v) is 3.37. The Hall–Kier alpha value is -1.63. The van der Waals surface area contributed by atoms with Crippen molar-refractivity contribution in [2.24, 2.45) is 5.92 Å². The van der Waals surface area contributed by atoms with Crippen LogP contribution in [-0.4, -0.2) is 21.0 Å². The lowest BCUT2D eigenvalue weighted by Gasteiger charge is -2.10. The van der Waals surface area contributed by atoms with E-state index >= 15 is 0 Å². The van der Waals surface area contributed by atoms with Crippen LogP contribution in [0.4, 0.5) is 9.18 Å². The van der Waals surface area contributed by atoms with Gasteiger partial charge in [0.25, 0.3) is 10.0 Å². The Bertz CT molecular complexity index is 512. The molecule has 5 nitrogen and oxygen atoms in total. The summed E-state index contributed by atoms with van der Waals surface area (Å²) in [6, 6.07) is 3.41. The second-order valence-corrected chi connectivity index (χ2v) is 5.85. The molecule has 0 aliphatic heterocycles. The van der Waals surface area contributed by atoms with Crippen molar-refractivity contribution < 1.29 is 17.6 Å². The van der Waals surface area contributed by atoms with E-state index in [1.54, 1.807) is 0 Å². The molecule has 0 aromatic heterocycles. The first kappa shape index (κ1) is 14.4. The molecule has 0 bridgehead atoms. The standard InChI is InChI=1S/C11H15FN2O3S/c1-8(2)7-13-11(15)14-18(16,17)10-5-3-9(12)4-6-10/h3-6,8H,7H2,1-2H3,(H2,13,14,15). The number of urea groups is 1. The fourth-order valence-corrected chi connectivity index (χ4v) is 2.06. The molecule has 1 aromatic carbocycles. The van der Waals surface area contributed by atoms with E-state index in [0.29, 0.717) is 6.54 Å². The predicted molar refractivity (Wildman–Crippen MR) is 65.0 cm³/mol. The van der Waals surface area contributed by atoms with Crippen LogP contribution in [0.15, 0.2) is 29.2 Å². The van der Waals surface area contributed by atoms with Gasteiger partial charge in [0.2, 0.25) is 0 Å². The van der Waals surface area contributed by atoms with E-state index in [1.807, 2.05) is 18.6 Å². The molecule has 0 radical (unpaired) electrons. The number of amides is 2. The van der Waals surface area contributed by atoms with Gasteiger partial charge in [0.05, 0.1) is 4.90 Å². The molecule has 18 heavy (non-hydrogen) atoms. The third kappa shape index (κ3) is 4.33. The highest BCUT2D eigenvalue weighted by atomic mass is 32.2. The van der Waals surface area contributed by atoms with Gasteiger partial charge in [-0.25, -0.2) is 22.3 Å². The minimum absolute atomic E-state index is 0.163. The van der Waals surface area contributed by atoms with Crippen LogP contribution in [-0.2, 0) is 10.0 Å². The van der Waals surface area contributed by atoms with Crippen LogP contribution in [0.2, 0.25) is 0 Å². The monoisotopic (exact) mass is 274 g/mol. The maximum absolute atomic E-state index is 12.7. The van der Waals surface area contributed by atoms with Crippen molar-refractivity contribution in [3.63, 3.8) is 0 Å². The Morgan fingerprint density at radius 2 is 1.83 bits per heavy atom. The van der Waals surface area contributed by atoms with E-state index in [4.69, 9.17) is 0 Å². The molecule has 2 amide bonds. The highest BCUT2D eigenvalue weighted by Gasteiger charge is 2.17. The Kier molecular flexibility index (Phi) is 4.66. The van der Waals surface area contributed by atoms with Crippen molar-refractivity contribution in [3.05, 3.63) is 30.1 Å². The average Bonchev–Trinajstić information content (AvgIpc) is 2.26. The SMILES string of the molecule is CC(C)CNC(=O)NS(=O)(=O)c1ccc(F)cc1. The van der Waals surface area contributed by atoms with Gasteiger partial charge in [-0.2, -0.15) is 0 Å². The summed E-state index contributed by atoms with van der Waals surface area (Å²) >= 11 is 0. The average molecular weight is 274 g/mol. The van der Waals surface area contributed by atoms with Crippen molar-refractivity contribution in [1.82, 2.24) is 10.0 Å². The topological polar surface area (TPSA) is 75.3 Å². The number of rotatable bonds is 4. The second-order valence-electron chi connectivity index (χ2n) is 4.16. The number of halogens is 1. The summed E-state index contributed by atoms with van der Waals surface area (Å²) in [4.78, 5) is 11.2. The van der Waals surface area contributed by atoms with Crippen LogP contribution in [0, 0.1) is 11.7 Å². The van der Waals surface area contributed by atoms with Crippen LogP contribution in [0.1, 0.15) is 13.8 Å². The van der Waals surface area contributed by atoms with Crippen molar-refractivity contribution in [2.45, 2.75) is 18.7 Å². The normalized spacial score (nSPS) is 11.3. The molecule has 1 rings (SSSR count). The lowest BCUT2D eigenvalue weighted by atomic mass is 10.2. The zero-order valence-electron chi connectivity index (χ0n) is 10.1. The molecule has 0 atom stereocenters. The fraction of sp³-hybridized carbons (Fsp3) is 0.364. The van der Waals surface area contributed by atoms with Gasteiger partial charge >= 0.3 is 6.03 Å². The molecule has 0 unspecified atom stereocenters. The Balaban J connectivity index is 2.70. The second kappa shape index (κ2) is 5.81. The molecule has 0 saturated carbocycles. The third-order valence-electron chi connectivity index (χ3n) is 2.02. The first-order valence-electron chi connectivity index (χ1n) is 5.37. The van der Waals surface area contributed by atoms with Gasteiger partial charge in [-0.15, -0.1) is 0 Å². The quantitative estimate of drug-likeness (QED) is 0.873. The van der Waals surface area contributed by atoms with Crippen LogP contribution in [0.25, 0.3) is 0 Å². The lowest BCUT2D eigenvalue weighted by Crippen LogP contribution is -2.40. The number of nitrogens with one attached hydrogen (secondary N) is 2. The number of benzene rings is 1. The summed E-state index contributed by atoms with van der Waals surface area (Å²) < 4.78 is 37.9. The van der Waals surface area contributed by atoms with E-state index in [0.717, 1.165) is 24.3 Å². The van der Waals surface area contributed by atoms with Gasteiger partial charge in [-0.3, -0.25) is 0 Å². The number of hydrogen-bond acceptors (Lipinski definition) is 3. The van der Waals surface area contributed by atoms with Crippen LogP contribution in [0.3, 0.4) is 0 Å². The lowest BCUT2D eigenvalue weighted by molar-refractivity contribution is 0.244. The van der Waals surface area contributed by atoms with Crippen LogP contribution in [0.5, 0.6) is 0 Å². The predicted octanol–water partition coefficient (Wildman–Crippen LogP) is 1.47. The van der Waals surface area contributed by atoms with Gasteiger partial charge in [0.1, 0.15) is 5.82 Å². The number of carbonyl (C=O) groups excluding carboxylic acids is 1. The molecule has 0 heterocycles. The van der Waals surface area contributed by atoms with E-state index in [9.17, 15) is 17.6 Å². The van der Waals surface area contributed by atoms with Gasteiger partial charge in [0.15, 0.2) is 0 Å². The summed E-state index contributed by atoms with van der Waals surface area (Å²) in [7, 11) is -3.95. The Morgan fingerprint density at radius 1 is 1.28 bits per heavy atom. The van der Waals surface area contributed by atoms with Gasteiger partial charge < -0.3 is 5.32 Å². The fourth-order valence-electron chi connectivity index (χ4n) is 1.13. The van der Waals surface area contributed by atoms with Crippen LogP contribution >= 0.6 is 0 Å². The smallest absolute Gasteiger partial charge is 0.328 e. The number of carbonyl (C=O) groups is 1. The van der Waals surface area contributed by atoms with Gasteiger partial charge in [-0.05, 0) is 30.2 Å². The molecule has 1 aromatic rings. The van der Waals surface area contributed by atoms with Crippen molar-refractivity contribution in [3.8, 4) is 0 Å². The maximum Gasteiger partial charge on any atom is 0.328 e. The van der Waals surface area contributed by atoms with Crippen LogP contribution < -0.4 is 10.0 Å². The number of hydrogen-bond donors (Lipinski definition) is 2. The maximum atomic E-state index is 12.7. The number of sulfonamides is 1. The molecule has 0 aliphatic rings. The van der Waals surface area contributed by atoms with E-state index in [-0.39, 0.29) is 10.8 Å². The molecule has 7 heteroatoms. The highest BCUT2D eigenvalue weighted by molar-refractivity contribution is 7.90. The zero-order valence-corrected chi connectivity index (χ0v) is 10.9.